The molecule has 38 heteroatoms. The predicted molar refractivity (Wildman–Crippen MR) is 450 cm³/mol. The molecule has 5 N–H and O–H groups in total. The van der Waals surface area contributed by atoms with Gasteiger partial charge < -0.3 is 107 Å². The van der Waals surface area contributed by atoms with Crippen LogP contribution in [0.5, 0.6) is 5.75 Å². The first kappa shape index (κ1) is 111. The zero-order chi connectivity index (χ0) is 95.2. The van der Waals surface area contributed by atoms with Crippen LogP contribution in [0.3, 0.4) is 0 Å². The monoisotopic (exact) mass is 1790 g/mol. The Kier molecular flexibility index (Phi) is 46.4. The van der Waals surface area contributed by atoms with Gasteiger partial charge in [-0.2, -0.15) is 8.78 Å². The highest BCUT2D eigenvalue weighted by atomic mass is 19.3. The Bertz CT molecular complexity index is 3660. The van der Waals surface area contributed by atoms with Crippen LogP contribution in [0.1, 0.15) is 214 Å². The average Bonchev–Trinajstić information content (AvgIpc) is 1.73. The van der Waals surface area contributed by atoms with Crippen LogP contribution in [-0.4, -0.2) is 254 Å². The van der Waals surface area contributed by atoms with Crippen molar-refractivity contribution in [2.75, 3.05) is 33.5 Å². The van der Waals surface area contributed by atoms with Gasteiger partial charge in [0.2, 0.25) is 23.6 Å². The van der Waals surface area contributed by atoms with Gasteiger partial charge in [0.15, 0.2) is 43.7 Å². The van der Waals surface area contributed by atoms with Gasteiger partial charge in [0, 0.05) is 81.2 Å². The number of benzene rings is 1. The SMILES string of the molecule is CC(=O)N[C@H]1C(OC(C)C)O[C@H](COC(C)=O)[C@H](C)[C@@H]1C.CC(=O)N[C@H]1C(OC(C)C)O[C@H](COC(C)=O)[C@H](C)[C@@H]1C.CC(=O)OC[C@H]1OC(OC(C)C)[C@H](NC(=O)C(C)(F)F)[C@@H](C)[C@H]1C.CCC(=O)N[C@H]1C(OC(C)C)O[C@H](COC(C)=O)[C@H](C)[C@@H]1C.COc1cccc(-c2cn(C[C@H]3OC(OC(C)(C)C)[C@H](NC(C)=O)[C@@H](OC(C)=O)[C@H]3OC(C)=O)nn2)c1. The van der Waals surface area contributed by atoms with Crippen LogP contribution in [0.2, 0.25) is 0 Å². The van der Waals surface area contributed by atoms with Crippen LogP contribution < -0.4 is 31.3 Å². The summed E-state index contributed by atoms with van der Waals surface area (Å²) in [6.07, 6.45) is -5.89. The summed E-state index contributed by atoms with van der Waals surface area (Å²) < 4.78 is 124. The summed E-state index contributed by atoms with van der Waals surface area (Å²) in [6.45, 7) is 51.7. The molecule has 5 aliphatic heterocycles. The molecule has 0 saturated carbocycles. The lowest BCUT2D eigenvalue weighted by Crippen LogP contribution is -2.67. The summed E-state index contributed by atoms with van der Waals surface area (Å²) in [5.74, 6) is -6.98. The zero-order valence-electron chi connectivity index (χ0n) is 78.9. The molecule has 2 aromatic rings. The highest BCUT2D eigenvalue weighted by Gasteiger charge is 2.53. The summed E-state index contributed by atoms with van der Waals surface area (Å²) in [5.41, 5.74) is 0.714. The molecule has 0 radical (unpaired) electrons. The smallest absolute Gasteiger partial charge is 0.321 e. The molecule has 5 saturated heterocycles. The number of ether oxygens (including phenoxy) is 17. The lowest BCUT2D eigenvalue weighted by Gasteiger charge is -2.46. The van der Waals surface area contributed by atoms with Gasteiger partial charge in [-0.25, -0.2) is 4.68 Å². The van der Waals surface area contributed by atoms with Crippen molar-refractivity contribution in [1.29, 1.82) is 0 Å². The molecule has 0 aliphatic carbocycles. The van der Waals surface area contributed by atoms with Gasteiger partial charge >= 0.3 is 41.7 Å². The van der Waals surface area contributed by atoms with Crippen LogP contribution in [0, 0.1) is 47.3 Å². The average molecular weight is 1790 g/mol. The number of halogens is 2. The Morgan fingerprint density at radius 3 is 1.07 bits per heavy atom. The molecule has 1 aromatic carbocycles. The normalized spacial score (nSPS) is 29.6. The quantitative estimate of drug-likeness (QED) is 0.0360. The number of hydrogen-bond donors (Lipinski definition) is 5. The number of methoxy groups -OCH3 is 1. The Labute approximate surface area is 735 Å². The number of amides is 5. The number of nitrogens with zero attached hydrogens (tertiary/aromatic N) is 3. The van der Waals surface area contributed by atoms with E-state index in [0.717, 1.165) is 5.56 Å². The van der Waals surface area contributed by atoms with Crippen molar-refractivity contribution >= 4 is 65.4 Å². The number of esters is 6. The summed E-state index contributed by atoms with van der Waals surface area (Å²) in [4.78, 5) is 126. The second-order valence-corrected chi connectivity index (χ2v) is 34.5. The number of nitrogens with one attached hydrogen (secondary N) is 5. The molecule has 1 aromatic heterocycles. The largest absolute Gasteiger partial charge is 0.497 e. The van der Waals surface area contributed by atoms with Crippen LogP contribution in [-0.2, 0) is 135 Å². The first-order valence-corrected chi connectivity index (χ1v) is 42.8. The van der Waals surface area contributed by atoms with E-state index in [1.807, 2.05) is 142 Å². The van der Waals surface area contributed by atoms with Gasteiger partial charge in [0.25, 0.3) is 5.91 Å². The molecule has 0 bridgehead atoms. The highest BCUT2D eigenvalue weighted by Crippen LogP contribution is 2.38. The number of carbonyl (C=O) groups excluding carboxylic acids is 11. The highest BCUT2D eigenvalue weighted by molar-refractivity contribution is 5.83. The minimum atomic E-state index is -3.49. The third-order valence-corrected chi connectivity index (χ3v) is 21.2. The Hall–Kier alpha value is -8.21. The second kappa shape index (κ2) is 52.3. The molecule has 25 atom stereocenters. The van der Waals surface area contributed by atoms with Crippen molar-refractivity contribution in [3.8, 4) is 17.0 Å². The predicted octanol–water partition coefficient (Wildman–Crippen LogP) is 8.79. The van der Waals surface area contributed by atoms with Gasteiger partial charge in [-0.1, -0.05) is 79.7 Å². The first-order valence-electron chi connectivity index (χ1n) is 42.8. The Morgan fingerprint density at radius 1 is 0.440 bits per heavy atom. The molecule has 6 heterocycles. The first-order chi connectivity index (χ1) is 58.0. The fraction of sp³-hybridized carbons (Fsp3) is 0.782. The van der Waals surface area contributed by atoms with Crippen molar-refractivity contribution in [3.05, 3.63) is 30.5 Å². The number of rotatable bonds is 30. The third kappa shape index (κ3) is 38.3. The van der Waals surface area contributed by atoms with Gasteiger partial charge in [-0.15, -0.1) is 5.10 Å². The maximum Gasteiger partial charge on any atom is 0.321 e. The van der Waals surface area contributed by atoms with E-state index in [0.29, 0.717) is 24.8 Å². The fourth-order valence-corrected chi connectivity index (χ4v) is 14.2. The Morgan fingerprint density at radius 2 is 0.768 bits per heavy atom. The molecule has 714 valence electrons. The molecular formula is C87H144F2N8O28. The van der Waals surface area contributed by atoms with Gasteiger partial charge in [-0.3, -0.25) is 52.7 Å². The van der Waals surface area contributed by atoms with Gasteiger partial charge in [-0.05, 0) is 136 Å². The number of alkyl halides is 2. The molecular weight excluding hydrogens is 1640 g/mol. The molecule has 125 heavy (non-hydrogen) atoms. The lowest BCUT2D eigenvalue weighted by atomic mass is 9.82. The van der Waals surface area contributed by atoms with E-state index in [1.165, 1.54) is 67.0 Å². The zero-order valence-corrected chi connectivity index (χ0v) is 78.9. The number of carbonyl (C=O) groups is 11. The summed E-state index contributed by atoms with van der Waals surface area (Å²) >= 11 is 0. The minimum absolute atomic E-state index is 0.0246. The van der Waals surface area contributed by atoms with E-state index in [2.05, 4.69) is 43.8 Å². The second-order valence-electron chi connectivity index (χ2n) is 34.5. The van der Waals surface area contributed by atoms with Gasteiger partial charge in [0.1, 0.15) is 50.0 Å². The Balaban J connectivity index is 0.000000412. The van der Waals surface area contributed by atoms with Crippen LogP contribution in [0.25, 0.3) is 11.3 Å². The van der Waals surface area contributed by atoms with Crippen LogP contribution >= 0.6 is 0 Å². The van der Waals surface area contributed by atoms with E-state index in [9.17, 15) is 61.5 Å². The van der Waals surface area contributed by atoms with E-state index >= 15 is 0 Å². The minimum Gasteiger partial charge on any atom is -0.497 e. The number of aromatic nitrogens is 3. The van der Waals surface area contributed by atoms with E-state index in [-0.39, 0.29) is 177 Å². The summed E-state index contributed by atoms with van der Waals surface area (Å²) in [5, 5.41) is 22.3. The van der Waals surface area contributed by atoms with Crippen molar-refractivity contribution in [3.63, 3.8) is 0 Å². The number of hydrogen-bond acceptors (Lipinski definition) is 30. The van der Waals surface area contributed by atoms with Crippen molar-refractivity contribution in [2.45, 2.75) is 361 Å². The molecule has 5 aliphatic rings. The molecule has 36 nitrogen and oxygen atoms in total. The van der Waals surface area contributed by atoms with Crippen LogP contribution in [0.15, 0.2) is 30.5 Å². The topological polar surface area (TPSA) is 436 Å². The standard InChI is InChI=1S/C25H34N4O8.C16H27F2NO5.C16H29NO5.2C15H27NO5/c1-14(30)26-21-23(35-16(3)32)22(34-15(2)31)20(36-24(21)37-25(4,5)6)13-29-12-19(27-28-29)17-9-8-10-18(11-17)33-7;1-8(2)23-14-13(19-15(21)16(6,17)18)10(4)9(3)12(24-14)7-22-11(5)20;1-7-14(19)17-15-11(5)10(4)13(8-20-12(6)18)22-16(15)21-9(2)3;2*1-8(2)20-15-14(16-11(5)17)10(4)9(3)13(21-15)7-19-12(6)18/h8-12,20-24H,13H2,1-7H3,(H,26,30);8-10,12-14H,7H2,1-6H3,(H,19,21);9-11,13,15-16H,7-8H2,1-6H3,(H,17,19);2*8-10,13-15H,7H2,1-6H3,(H,16,17)/t20-,21-,22+,23-,24?;9-,10+,12-,13-,14?;10-,11+,13-,15-,16?;2*9-,10+,13-,14-,15?/m11111/s1. The van der Waals surface area contributed by atoms with Gasteiger partial charge in [0.05, 0.1) is 98.5 Å². The molecule has 0 spiro atoms. The molecule has 7 rings (SSSR count). The van der Waals surface area contributed by atoms with E-state index < -0.39 is 109 Å². The summed E-state index contributed by atoms with van der Waals surface area (Å²) in [6, 6.07) is 5.06. The maximum atomic E-state index is 13.2. The van der Waals surface area contributed by atoms with Crippen molar-refractivity contribution in [1.82, 2.24) is 41.6 Å². The lowest BCUT2D eigenvalue weighted by molar-refractivity contribution is -0.294. The summed E-state index contributed by atoms with van der Waals surface area (Å²) in [7, 11) is 1.58. The fourth-order valence-electron chi connectivity index (χ4n) is 14.2. The third-order valence-electron chi connectivity index (χ3n) is 21.2. The van der Waals surface area contributed by atoms with Crippen LogP contribution in [0.4, 0.5) is 8.78 Å². The maximum absolute atomic E-state index is 13.2. The van der Waals surface area contributed by atoms with E-state index in [1.54, 1.807) is 27.2 Å². The van der Waals surface area contributed by atoms with Crippen molar-refractivity contribution < 1.29 is 142 Å². The molecule has 5 amide bonds. The molecule has 5 fully saturated rings. The van der Waals surface area contributed by atoms with Crippen molar-refractivity contribution in [2.24, 2.45) is 47.3 Å². The van der Waals surface area contributed by atoms with E-state index in [4.69, 9.17) is 80.5 Å². The molecule has 5 unspecified atom stereocenters.